The number of carbonyl (C=O) groups is 2. The Bertz CT molecular complexity index is 1220. The van der Waals surface area contributed by atoms with Crippen molar-refractivity contribution in [3.63, 3.8) is 0 Å². The summed E-state index contributed by atoms with van der Waals surface area (Å²) in [6, 6.07) is 9.98. The molecule has 0 aromatic heterocycles. The fraction of sp³-hybridized carbons (Fsp3) is 0.500. The second-order valence-corrected chi connectivity index (χ2v) is 12.4. The van der Waals surface area contributed by atoms with Gasteiger partial charge in [-0.05, 0) is 69.4 Å². The summed E-state index contributed by atoms with van der Waals surface area (Å²) in [5, 5.41) is 3.79. The van der Waals surface area contributed by atoms with Crippen molar-refractivity contribution in [3.8, 4) is 0 Å². The number of hydrogen-bond acceptors (Lipinski definition) is 4. The number of aryl methyl sites for hydroxylation is 2. The molecule has 2 atom stereocenters. The zero-order valence-electron chi connectivity index (χ0n) is 23.1. The Morgan fingerprint density at radius 2 is 1.66 bits per heavy atom. The molecule has 1 N–H and O–H groups in total. The van der Waals surface area contributed by atoms with Crippen LogP contribution in [-0.2, 0) is 26.2 Å². The average Bonchev–Trinajstić information content (AvgIpc) is 2.84. The quantitative estimate of drug-likeness (QED) is 0.319. The summed E-state index contributed by atoms with van der Waals surface area (Å²) in [6.07, 6.45) is 2.64. The highest BCUT2D eigenvalue weighted by Crippen LogP contribution is 2.28. The molecule has 2 aromatic rings. The van der Waals surface area contributed by atoms with Crippen molar-refractivity contribution < 1.29 is 18.0 Å². The lowest BCUT2D eigenvalue weighted by Crippen LogP contribution is -2.50. The van der Waals surface area contributed by atoms with Gasteiger partial charge in [-0.15, -0.1) is 0 Å². The molecule has 0 radical (unpaired) electrons. The van der Waals surface area contributed by atoms with Gasteiger partial charge in [-0.25, -0.2) is 8.42 Å². The molecule has 0 bridgehead atoms. The Kier molecular flexibility index (Phi) is 11.9. The van der Waals surface area contributed by atoms with Crippen molar-refractivity contribution >= 4 is 50.7 Å². The van der Waals surface area contributed by atoms with E-state index in [2.05, 4.69) is 5.32 Å². The zero-order valence-corrected chi connectivity index (χ0v) is 25.4. The minimum Gasteiger partial charge on any atom is -0.352 e. The van der Waals surface area contributed by atoms with Crippen molar-refractivity contribution in [2.75, 3.05) is 17.1 Å². The Balaban J connectivity index is 2.32. The molecule has 0 aliphatic heterocycles. The summed E-state index contributed by atoms with van der Waals surface area (Å²) in [5.74, 6) is -0.520. The number of carbonyl (C=O) groups excluding carboxylic acids is 2. The van der Waals surface area contributed by atoms with Crippen molar-refractivity contribution in [2.24, 2.45) is 0 Å². The predicted octanol–water partition coefficient (Wildman–Crippen LogP) is 5.88. The van der Waals surface area contributed by atoms with Crippen LogP contribution in [0.4, 0.5) is 5.69 Å². The first-order valence-corrected chi connectivity index (χ1v) is 15.5. The Morgan fingerprint density at radius 1 is 1.03 bits per heavy atom. The van der Waals surface area contributed by atoms with Crippen molar-refractivity contribution in [3.05, 3.63) is 63.1 Å². The first-order valence-electron chi connectivity index (χ1n) is 12.9. The molecule has 7 nitrogen and oxygen atoms in total. The van der Waals surface area contributed by atoms with Crippen LogP contribution in [0.2, 0.25) is 10.0 Å². The number of rotatable bonds is 13. The molecule has 0 aliphatic carbocycles. The SMILES string of the molecule is CC[C@@H](C)NC(=O)[C@@H](CC)N(Cc1c(Cl)cccc1Cl)C(=O)CCCN(c1cc(C)ccc1C)S(C)(=O)=O. The smallest absolute Gasteiger partial charge is 0.243 e. The van der Waals surface area contributed by atoms with Crippen molar-refractivity contribution in [2.45, 2.75) is 78.9 Å². The van der Waals surface area contributed by atoms with Crippen LogP contribution in [0.3, 0.4) is 0 Å². The minimum absolute atomic E-state index is 0.0432. The first kappa shape index (κ1) is 31.9. The van der Waals surface area contributed by atoms with Gasteiger partial charge in [0.1, 0.15) is 6.04 Å². The minimum atomic E-state index is -3.58. The molecule has 2 aromatic carbocycles. The van der Waals surface area contributed by atoms with Crippen LogP contribution in [0.25, 0.3) is 0 Å². The van der Waals surface area contributed by atoms with Crippen molar-refractivity contribution in [1.82, 2.24) is 10.2 Å². The van der Waals surface area contributed by atoms with E-state index >= 15 is 0 Å². The molecule has 0 saturated heterocycles. The van der Waals surface area contributed by atoms with Gasteiger partial charge in [0, 0.05) is 41.2 Å². The van der Waals surface area contributed by atoms with Crippen LogP contribution in [0.15, 0.2) is 36.4 Å². The van der Waals surface area contributed by atoms with Gasteiger partial charge in [-0.1, -0.05) is 55.2 Å². The summed E-state index contributed by atoms with van der Waals surface area (Å²) in [6.45, 7) is 9.69. The highest BCUT2D eigenvalue weighted by atomic mass is 35.5. The summed E-state index contributed by atoms with van der Waals surface area (Å²) in [4.78, 5) is 28.3. The molecular weight excluding hydrogens is 545 g/mol. The van der Waals surface area contributed by atoms with E-state index in [9.17, 15) is 18.0 Å². The Morgan fingerprint density at radius 3 is 2.21 bits per heavy atom. The fourth-order valence-corrected chi connectivity index (χ4v) is 5.72. The van der Waals surface area contributed by atoms with Crippen LogP contribution in [0, 0.1) is 13.8 Å². The van der Waals surface area contributed by atoms with Crippen LogP contribution in [-0.4, -0.2) is 50.0 Å². The number of sulfonamides is 1. The monoisotopic (exact) mass is 583 g/mol. The second-order valence-electron chi connectivity index (χ2n) is 9.69. The van der Waals surface area contributed by atoms with E-state index in [-0.39, 0.29) is 43.8 Å². The third-order valence-electron chi connectivity index (χ3n) is 6.56. The number of nitrogens with one attached hydrogen (secondary N) is 1. The molecule has 210 valence electrons. The highest BCUT2D eigenvalue weighted by molar-refractivity contribution is 7.92. The third-order valence-corrected chi connectivity index (χ3v) is 8.45. The van der Waals surface area contributed by atoms with Crippen LogP contribution in [0.1, 0.15) is 63.1 Å². The van der Waals surface area contributed by atoms with E-state index in [1.165, 1.54) is 9.21 Å². The molecule has 0 fully saturated rings. The summed E-state index contributed by atoms with van der Waals surface area (Å²) < 4.78 is 26.6. The van der Waals surface area contributed by atoms with E-state index in [1.807, 2.05) is 52.8 Å². The lowest BCUT2D eigenvalue weighted by molar-refractivity contribution is -0.141. The number of amides is 2. The number of nitrogens with zero attached hydrogens (tertiary/aromatic N) is 2. The molecular formula is C28H39Cl2N3O4S. The molecule has 0 unspecified atom stereocenters. The summed E-state index contributed by atoms with van der Waals surface area (Å²) >= 11 is 12.8. The summed E-state index contributed by atoms with van der Waals surface area (Å²) in [5.41, 5.74) is 2.93. The first-order chi connectivity index (χ1) is 17.8. The molecule has 0 aliphatic rings. The van der Waals surface area contributed by atoms with E-state index in [4.69, 9.17) is 23.2 Å². The lowest BCUT2D eigenvalue weighted by atomic mass is 10.1. The Labute approximate surface area is 237 Å². The molecule has 0 heterocycles. The average molecular weight is 585 g/mol. The largest absolute Gasteiger partial charge is 0.352 e. The van der Waals surface area contributed by atoms with Crippen LogP contribution in [0.5, 0.6) is 0 Å². The molecule has 2 rings (SSSR count). The van der Waals surface area contributed by atoms with Gasteiger partial charge in [0.25, 0.3) is 0 Å². The topological polar surface area (TPSA) is 86.8 Å². The molecule has 2 amide bonds. The van der Waals surface area contributed by atoms with Gasteiger partial charge in [-0.2, -0.15) is 0 Å². The number of benzene rings is 2. The number of anilines is 1. The van der Waals surface area contributed by atoms with Gasteiger partial charge in [0.2, 0.25) is 21.8 Å². The third kappa shape index (κ3) is 8.61. The van der Waals surface area contributed by atoms with Gasteiger partial charge >= 0.3 is 0 Å². The van der Waals surface area contributed by atoms with E-state index < -0.39 is 16.1 Å². The normalized spacial score (nSPS) is 13.1. The van der Waals surface area contributed by atoms with E-state index in [1.54, 1.807) is 18.2 Å². The zero-order chi connectivity index (χ0) is 28.6. The van der Waals surface area contributed by atoms with E-state index in [0.29, 0.717) is 27.7 Å². The van der Waals surface area contributed by atoms with Crippen molar-refractivity contribution in [1.29, 1.82) is 0 Å². The van der Waals surface area contributed by atoms with Gasteiger partial charge in [-0.3, -0.25) is 13.9 Å². The molecule has 10 heteroatoms. The highest BCUT2D eigenvalue weighted by Gasteiger charge is 2.30. The summed E-state index contributed by atoms with van der Waals surface area (Å²) in [7, 11) is -3.58. The van der Waals surface area contributed by atoms with E-state index in [0.717, 1.165) is 23.8 Å². The second kappa shape index (κ2) is 14.2. The van der Waals surface area contributed by atoms with Gasteiger partial charge in [0.05, 0.1) is 11.9 Å². The Hall–Kier alpha value is -2.29. The fourth-order valence-electron chi connectivity index (χ4n) is 4.18. The van der Waals surface area contributed by atoms with Crippen LogP contribution >= 0.6 is 23.2 Å². The standard InChI is InChI=1S/C28H39Cl2N3O4S/c1-7-21(5)31-28(35)25(8-2)32(18-22-23(29)11-9-12-24(22)30)27(34)13-10-16-33(38(6,36)37)26-17-19(3)14-15-20(26)4/h9,11-12,14-15,17,21,25H,7-8,10,13,16,18H2,1-6H3,(H,31,35)/t21-,25-/m1/s1. The predicted molar refractivity (Wildman–Crippen MR) is 156 cm³/mol. The number of hydrogen-bond donors (Lipinski definition) is 1. The van der Waals surface area contributed by atoms with Gasteiger partial charge in [0.15, 0.2) is 0 Å². The maximum absolute atomic E-state index is 13.6. The molecule has 0 saturated carbocycles. The number of halogens is 2. The van der Waals surface area contributed by atoms with Crippen LogP contribution < -0.4 is 9.62 Å². The lowest BCUT2D eigenvalue weighted by Gasteiger charge is -2.32. The maximum atomic E-state index is 13.6. The van der Waals surface area contributed by atoms with Gasteiger partial charge < -0.3 is 10.2 Å². The molecule has 0 spiro atoms. The molecule has 38 heavy (non-hydrogen) atoms. The maximum Gasteiger partial charge on any atom is 0.243 e.